The molecule has 0 saturated carbocycles. The number of halogens is 1. The molecular weight excluding hydrogens is 447 g/mol. The molecule has 7 nitrogen and oxygen atoms in total. The lowest BCUT2D eigenvalue weighted by Crippen LogP contribution is -2.20. The van der Waals surface area contributed by atoms with Crippen molar-refractivity contribution in [1.82, 2.24) is 9.38 Å². The van der Waals surface area contributed by atoms with Crippen molar-refractivity contribution in [2.24, 2.45) is 0 Å². The average molecular weight is 468 g/mol. The number of hydrogen-bond acceptors (Lipinski definition) is 5. The normalized spacial score (nSPS) is 11.2. The molecule has 0 aliphatic carbocycles. The van der Waals surface area contributed by atoms with Gasteiger partial charge in [-0.15, -0.1) is 0 Å². The lowest BCUT2D eigenvalue weighted by Gasteiger charge is -2.12. The molecule has 0 bridgehead atoms. The Morgan fingerprint density at radius 1 is 1.09 bits per heavy atom. The SMILES string of the molecule is Cc1ccc(NC(=O)/C(C#N)=C\c2c(Oc3ccc(F)cc3)nc3c(C)cccn3c2=O)cc1C. The highest BCUT2D eigenvalue weighted by Gasteiger charge is 2.18. The summed E-state index contributed by atoms with van der Waals surface area (Å²) >= 11 is 0. The summed E-state index contributed by atoms with van der Waals surface area (Å²) in [5, 5.41) is 12.4. The summed E-state index contributed by atoms with van der Waals surface area (Å²) < 4.78 is 20.5. The number of carbonyl (C=O) groups excluding carboxylic acids is 1. The van der Waals surface area contributed by atoms with E-state index in [0.717, 1.165) is 22.8 Å². The molecule has 0 unspecified atom stereocenters. The van der Waals surface area contributed by atoms with Crippen LogP contribution in [0.1, 0.15) is 22.3 Å². The predicted molar refractivity (Wildman–Crippen MR) is 131 cm³/mol. The molecule has 2 aromatic carbocycles. The van der Waals surface area contributed by atoms with Crippen LogP contribution in [0.5, 0.6) is 11.6 Å². The molecule has 2 aromatic heterocycles. The molecule has 0 fully saturated rings. The zero-order valence-electron chi connectivity index (χ0n) is 19.3. The van der Waals surface area contributed by atoms with Crippen molar-refractivity contribution in [3.05, 3.63) is 105 Å². The van der Waals surface area contributed by atoms with Gasteiger partial charge in [-0.25, -0.2) is 4.39 Å². The topological polar surface area (TPSA) is 96.5 Å². The number of nitrogens with one attached hydrogen (secondary N) is 1. The van der Waals surface area contributed by atoms with Crippen LogP contribution in [0.4, 0.5) is 10.1 Å². The third-order valence-electron chi connectivity index (χ3n) is 5.50. The molecule has 0 spiro atoms. The first-order chi connectivity index (χ1) is 16.8. The number of fused-ring (bicyclic) bond motifs is 1. The van der Waals surface area contributed by atoms with E-state index >= 15 is 0 Å². The quantitative estimate of drug-likeness (QED) is 0.325. The molecule has 0 atom stereocenters. The highest BCUT2D eigenvalue weighted by Crippen LogP contribution is 2.25. The van der Waals surface area contributed by atoms with Crippen LogP contribution >= 0.6 is 0 Å². The van der Waals surface area contributed by atoms with E-state index in [1.807, 2.05) is 26.0 Å². The van der Waals surface area contributed by atoms with Crippen molar-refractivity contribution in [1.29, 1.82) is 5.26 Å². The fourth-order valence-corrected chi connectivity index (χ4v) is 3.42. The maximum atomic E-state index is 13.4. The Balaban J connectivity index is 1.81. The van der Waals surface area contributed by atoms with Gasteiger partial charge in [0.1, 0.15) is 34.4 Å². The maximum Gasteiger partial charge on any atom is 0.269 e. The number of carbonyl (C=O) groups is 1. The van der Waals surface area contributed by atoms with Crippen LogP contribution in [-0.4, -0.2) is 15.3 Å². The van der Waals surface area contributed by atoms with Gasteiger partial charge in [0.25, 0.3) is 11.5 Å². The Morgan fingerprint density at radius 2 is 1.83 bits per heavy atom. The minimum Gasteiger partial charge on any atom is -0.438 e. The Hall–Kier alpha value is -4.77. The largest absolute Gasteiger partial charge is 0.438 e. The second kappa shape index (κ2) is 9.61. The van der Waals surface area contributed by atoms with Crippen molar-refractivity contribution in [2.75, 3.05) is 5.32 Å². The molecule has 0 radical (unpaired) electrons. The second-order valence-corrected chi connectivity index (χ2v) is 8.00. The Bertz CT molecular complexity index is 1580. The van der Waals surface area contributed by atoms with E-state index in [4.69, 9.17) is 4.74 Å². The minimum atomic E-state index is -0.683. The van der Waals surface area contributed by atoms with Crippen molar-refractivity contribution in [2.45, 2.75) is 20.8 Å². The molecular formula is C27H21FN4O3. The number of aryl methyl sites for hydroxylation is 3. The van der Waals surface area contributed by atoms with Gasteiger partial charge >= 0.3 is 0 Å². The number of pyridine rings is 1. The first-order valence-electron chi connectivity index (χ1n) is 10.7. The fourth-order valence-electron chi connectivity index (χ4n) is 3.42. The highest BCUT2D eigenvalue weighted by molar-refractivity contribution is 6.09. The van der Waals surface area contributed by atoms with Crippen LogP contribution in [0.25, 0.3) is 11.7 Å². The van der Waals surface area contributed by atoms with Gasteiger partial charge in [-0.3, -0.25) is 14.0 Å². The van der Waals surface area contributed by atoms with Crippen LogP contribution in [0.3, 0.4) is 0 Å². The van der Waals surface area contributed by atoms with Gasteiger partial charge in [0.05, 0.1) is 0 Å². The monoisotopic (exact) mass is 468 g/mol. The molecule has 0 saturated heterocycles. The molecule has 0 aliphatic rings. The number of benzene rings is 2. The van der Waals surface area contributed by atoms with Gasteiger partial charge < -0.3 is 10.1 Å². The van der Waals surface area contributed by atoms with E-state index in [-0.39, 0.29) is 22.8 Å². The van der Waals surface area contributed by atoms with Crippen molar-refractivity contribution >= 4 is 23.3 Å². The number of aromatic nitrogens is 2. The summed E-state index contributed by atoms with van der Waals surface area (Å²) in [5.74, 6) is -1.00. The van der Waals surface area contributed by atoms with Gasteiger partial charge in [0.15, 0.2) is 0 Å². The van der Waals surface area contributed by atoms with Gasteiger partial charge in [0, 0.05) is 11.9 Å². The zero-order valence-corrected chi connectivity index (χ0v) is 19.3. The lowest BCUT2D eigenvalue weighted by molar-refractivity contribution is -0.112. The van der Waals surface area contributed by atoms with E-state index in [9.17, 15) is 19.2 Å². The molecule has 1 amide bonds. The number of hydrogen-bond donors (Lipinski definition) is 1. The van der Waals surface area contributed by atoms with E-state index in [2.05, 4.69) is 10.3 Å². The zero-order chi connectivity index (χ0) is 25.1. The number of amides is 1. The fraction of sp³-hybridized carbons (Fsp3) is 0.111. The molecule has 35 heavy (non-hydrogen) atoms. The van der Waals surface area contributed by atoms with E-state index < -0.39 is 17.3 Å². The summed E-state index contributed by atoms with van der Waals surface area (Å²) in [6, 6.07) is 15.9. The van der Waals surface area contributed by atoms with Gasteiger partial charge in [-0.05, 0) is 86.0 Å². The molecule has 8 heteroatoms. The summed E-state index contributed by atoms with van der Waals surface area (Å²) in [6.45, 7) is 5.65. The summed E-state index contributed by atoms with van der Waals surface area (Å²) in [5.41, 5.74) is 2.71. The standard InChI is InChI=1S/C27H21FN4O3/c1-16-6-9-21(13-18(16)3)30-25(33)19(15-29)14-23-26(35-22-10-7-20(28)8-11-22)31-24-17(2)5-4-12-32(24)27(23)34/h4-14H,1-3H3,(H,30,33)/b19-14-. The van der Waals surface area contributed by atoms with Crippen LogP contribution in [0.15, 0.2) is 71.2 Å². The molecule has 4 aromatic rings. The van der Waals surface area contributed by atoms with E-state index in [1.165, 1.54) is 34.9 Å². The molecule has 2 heterocycles. The Kier molecular flexibility index (Phi) is 6.42. The van der Waals surface area contributed by atoms with Crippen LogP contribution in [0.2, 0.25) is 0 Å². The van der Waals surface area contributed by atoms with E-state index in [1.54, 1.807) is 31.2 Å². The minimum absolute atomic E-state index is 0.0933. The molecule has 174 valence electrons. The third kappa shape index (κ3) is 4.94. The number of anilines is 1. The first kappa shape index (κ1) is 23.4. The van der Waals surface area contributed by atoms with Gasteiger partial charge in [0.2, 0.25) is 5.88 Å². The smallest absolute Gasteiger partial charge is 0.269 e. The first-order valence-corrected chi connectivity index (χ1v) is 10.7. The molecule has 4 rings (SSSR count). The second-order valence-electron chi connectivity index (χ2n) is 8.00. The Labute approximate surface area is 200 Å². The van der Waals surface area contributed by atoms with Crippen molar-refractivity contribution < 1.29 is 13.9 Å². The number of ether oxygens (including phenoxy) is 1. The summed E-state index contributed by atoms with van der Waals surface area (Å²) in [7, 11) is 0. The van der Waals surface area contributed by atoms with E-state index in [0.29, 0.717) is 11.3 Å². The maximum absolute atomic E-state index is 13.4. The number of nitriles is 1. The predicted octanol–water partition coefficient (Wildman–Crippen LogP) is 5.10. The van der Waals surface area contributed by atoms with Crippen LogP contribution in [0, 0.1) is 37.9 Å². The van der Waals surface area contributed by atoms with Crippen LogP contribution in [-0.2, 0) is 4.79 Å². The highest BCUT2D eigenvalue weighted by atomic mass is 19.1. The van der Waals surface area contributed by atoms with Crippen LogP contribution < -0.4 is 15.6 Å². The third-order valence-corrected chi connectivity index (χ3v) is 5.50. The Morgan fingerprint density at radius 3 is 2.51 bits per heavy atom. The number of nitrogens with zero attached hydrogens (tertiary/aromatic N) is 3. The summed E-state index contributed by atoms with van der Waals surface area (Å²) in [4.78, 5) is 30.7. The average Bonchev–Trinajstić information content (AvgIpc) is 2.83. The van der Waals surface area contributed by atoms with Crippen molar-refractivity contribution in [3.63, 3.8) is 0 Å². The summed E-state index contributed by atoms with van der Waals surface area (Å²) in [6.07, 6.45) is 2.69. The molecule has 0 aliphatic heterocycles. The van der Waals surface area contributed by atoms with Crippen molar-refractivity contribution in [3.8, 4) is 17.7 Å². The number of rotatable bonds is 5. The van der Waals surface area contributed by atoms with Gasteiger partial charge in [-0.2, -0.15) is 10.2 Å². The molecule has 1 N–H and O–H groups in total. The lowest BCUT2D eigenvalue weighted by atomic mass is 10.1. The van der Waals surface area contributed by atoms with Gasteiger partial charge in [-0.1, -0.05) is 12.1 Å².